The van der Waals surface area contributed by atoms with Crippen LogP contribution in [0.5, 0.6) is 0 Å². The van der Waals surface area contributed by atoms with Crippen molar-refractivity contribution in [3.8, 4) is 0 Å². The number of nitrogens with one attached hydrogen (secondary N) is 3. The predicted octanol–water partition coefficient (Wildman–Crippen LogP) is 2.46. The Morgan fingerprint density at radius 3 is 3.15 bits per heavy atom. The number of fused-ring (bicyclic) bond motifs is 1. The van der Waals surface area contributed by atoms with E-state index in [1.807, 2.05) is 43.5 Å². The molecule has 1 unspecified atom stereocenters. The quantitative estimate of drug-likeness (QED) is 0.647. The van der Waals surface area contributed by atoms with Crippen molar-refractivity contribution >= 4 is 28.4 Å². The number of carbonyl (C=O) groups is 1. The molecule has 1 aliphatic heterocycles. The third-order valence-electron chi connectivity index (χ3n) is 4.89. The second kappa shape index (κ2) is 7.65. The Morgan fingerprint density at radius 1 is 1.33 bits per heavy atom. The number of aromatic nitrogens is 3. The number of benzene rings is 1. The fourth-order valence-corrected chi connectivity index (χ4v) is 3.61. The predicted molar refractivity (Wildman–Crippen MR) is 107 cm³/mol. The molecule has 3 aromatic rings. The van der Waals surface area contributed by atoms with Crippen LogP contribution in [0.3, 0.4) is 0 Å². The van der Waals surface area contributed by atoms with Crippen molar-refractivity contribution in [2.75, 3.05) is 29.9 Å². The molecular weight excluding hydrogens is 340 g/mol. The minimum atomic E-state index is 0.0119. The van der Waals surface area contributed by atoms with E-state index in [9.17, 15) is 4.79 Å². The standard InChI is InChI=1S/C20H24N6O/c1-14-4-2-5-15(10-14)22-11-18(27)25-16-6-3-9-26(12-16)20-17-7-8-21-19(17)23-13-24-20/h2,4-5,7-8,10,13,16,22H,3,6,9,11-12H2,1H3,(H,25,27)(H,21,23,24). The van der Waals surface area contributed by atoms with E-state index in [1.165, 1.54) is 5.56 Å². The highest BCUT2D eigenvalue weighted by Gasteiger charge is 2.23. The Morgan fingerprint density at radius 2 is 2.26 bits per heavy atom. The number of aryl methyl sites for hydroxylation is 1. The van der Waals surface area contributed by atoms with Gasteiger partial charge in [-0.2, -0.15) is 0 Å². The second-order valence-corrected chi connectivity index (χ2v) is 7.01. The number of anilines is 2. The molecule has 0 aliphatic carbocycles. The van der Waals surface area contributed by atoms with Gasteiger partial charge in [0.1, 0.15) is 17.8 Å². The fraction of sp³-hybridized carbons (Fsp3) is 0.350. The number of hydrogen-bond acceptors (Lipinski definition) is 5. The summed E-state index contributed by atoms with van der Waals surface area (Å²) in [6.07, 6.45) is 5.46. The minimum absolute atomic E-state index is 0.0119. The number of carbonyl (C=O) groups excluding carboxylic acids is 1. The van der Waals surface area contributed by atoms with Crippen molar-refractivity contribution in [3.63, 3.8) is 0 Å². The topological polar surface area (TPSA) is 85.9 Å². The van der Waals surface area contributed by atoms with Crippen LogP contribution in [0.2, 0.25) is 0 Å². The molecular formula is C20H24N6O. The third kappa shape index (κ3) is 4.02. The van der Waals surface area contributed by atoms with Gasteiger partial charge in [0, 0.05) is 31.0 Å². The van der Waals surface area contributed by atoms with Crippen molar-refractivity contribution in [2.24, 2.45) is 0 Å². The van der Waals surface area contributed by atoms with Crippen LogP contribution in [0.25, 0.3) is 11.0 Å². The Hall–Kier alpha value is -3.09. The average Bonchev–Trinajstić information content (AvgIpc) is 3.15. The zero-order chi connectivity index (χ0) is 18.6. The summed E-state index contributed by atoms with van der Waals surface area (Å²) in [5, 5.41) is 7.36. The smallest absolute Gasteiger partial charge is 0.239 e. The monoisotopic (exact) mass is 364 g/mol. The van der Waals surface area contributed by atoms with Crippen LogP contribution in [0.4, 0.5) is 11.5 Å². The van der Waals surface area contributed by atoms with E-state index in [-0.39, 0.29) is 18.5 Å². The number of rotatable bonds is 5. The first-order valence-corrected chi connectivity index (χ1v) is 9.32. The molecule has 3 N–H and O–H groups in total. The zero-order valence-corrected chi connectivity index (χ0v) is 15.4. The van der Waals surface area contributed by atoms with E-state index in [2.05, 4.69) is 30.5 Å². The van der Waals surface area contributed by atoms with Crippen LogP contribution in [-0.2, 0) is 4.79 Å². The number of hydrogen-bond donors (Lipinski definition) is 3. The Labute approximate surface area is 158 Å². The Kier molecular flexibility index (Phi) is 4.91. The first-order valence-electron chi connectivity index (χ1n) is 9.32. The van der Waals surface area contributed by atoms with E-state index >= 15 is 0 Å². The third-order valence-corrected chi connectivity index (χ3v) is 4.89. The lowest BCUT2D eigenvalue weighted by atomic mass is 10.1. The van der Waals surface area contributed by atoms with Gasteiger partial charge < -0.3 is 20.5 Å². The number of H-pyrrole nitrogens is 1. The molecule has 1 aromatic carbocycles. The molecule has 7 nitrogen and oxygen atoms in total. The molecule has 0 bridgehead atoms. The highest BCUT2D eigenvalue weighted by Crippen LogP contribution is 2.25. The molecule has 1 amide bonds. The summed E-state index contributed by atoms with van der Waals surface area (Å²) in [6, 6.07) is 10.1. The van der Waals surface area contributed by atoms with E-state index in [0.29, 0.717) is 0 Å². The van der Waals surface area contributed by atoms with Gasteiger partial charge in [-0.15, -0.1) is 0 Å². The lowest BCUT2D eigenvalue weighted by molar-refractivity contribution is -0.120. The van der Waals surface area contributed by atoms with Crippen LogP contribution >= 0.6 is 0 Å². The van der Waals surface area contributed by atoms with Gasteiger partial charge in [0.25, 0.3) is 0 Å². The summed E-state index contributed by atoms with van der Waals surface area (Å²) in [6.45, 7) is 4.00. The SMILES string of the molecule is Cc1cccc(NCC(=O)NC2CCCN(c3ncnc4[nH]ccc34)C2)c1. The molecule has 140 valence electrons. The van der Waals surface area contributed by atoms with E-state index < -0.39 is 0 Å². The molecule has 0 radical (unpaired) electrons. The normalized spacial score (nSPS) is 17.1. The lowest BCUT2D eigenvalue weighted by Gasteiger charge is -2.34. The molecule has 4 rings (SSSR count). The molecule has 1 saturated heterocycles. The lowest BCUT2D eigenvalue weighted by Crippen LogP contribution is -2.49. The summed E-state index contributed by atoms with van der Waals surface area (Å²) in [4.78, 5) is 26.4. The highest BCUT2D eigenvalue weighted by molar-refractivity contribution is 5.87. The van der Waals surface area contributed by atoms with Gasteiger partial charge in [0.05, 0.1) is 11.9 Å². The van der Waals surface area contributed by atoms with E-state index in [0.717, 1.165) is 48.5 Å². The number of amides is 1. The Balaban J connectivity index is 1.35. The van der Waals surface area contributed by atoms with Crippen molar-refractivity contribution in [2.45, 2.75) is 25.8 Å². The molecule has 27 heavy (non-hydrogen) atoms. The van der Waals surface area contributed by atoms with Crippen LogP contribution in [0, 0.1) is 6.92 Å². The van der Waals surface area contributed by atoms with Gasteiger partial charge >= 0.3 is 0 Å². The van der Waals surface area contributed by atoms with Gasteiger partial charge in [-0.05, 0) is 43.5 Å². The van der Waals surface area contributed by atoms with Gasteiger partial charge in [-0.25, -0.2) is 9.97 Å². The number of nitrogens with zero attached hydrogens (tertiary/aromatic N) is 3. The molecule has 2 aromatic heterocycles. The van der Waals surface area contributed by atoms with Crippen LogP contribution in [0.15, 0.2) is 42.9 Å². The summed E-state index contributed by atoms with van der Waals surface area (Å²) < 4.78 is 0. The summed E-state index contributed by atoms with van der Waals surface area (Å²) in [5.74, 6) is 0.941. The van der Waals surface area contributed by atoms with Gasteiger partial charge in [-0.1, -0.05) is 12.1 Å². The second-order valence-electron chi connectivity index (χ2n) is 7.01. The van der Waals surface area contributed by atoms with Crippen LogP contribution in [0.1, 0.15) is 18.4 Å². The van der Waals surface area contributed by atoms with Gasteiger partial charge in [0.2, 0.25) is 5.91 Å². The van der Waals surface area contributed by atoms with Crippen LogP contribution < -0.4 is 15.5 Å². The zero-order valence-electron chi connectivity index (χ0n) is 15.4. The molecule has 0 saturated carbocycles. The molecule has 1 fully saturated rings. The maximum atomic E-state index is 12.4. The highest BCUT2D eigenvalue weighted by atomic mass is 16.2. The summed E-state index contributed by atoms with van der Waals surface area (Å²) >= 11 is 0. The first kappa shape index (κ1) is 17.3. The Bertz CT molecular complexity index is 937. The van der Waals surface area contributed by atoms with E-state index in [4.69, 9.17) is 0 Å². The van der Waals surface area contributed by atoms with Crippen molar-refractivity contribution in [1.82, 2.24) is 20.3 Å². The fourth-order valence-electron chi connectivity index (χ4n) is 3.61. The number of aromatic amines is 1. The molecule has 1 atom stereocenters. The molecule has 7 heteroatoms. The first-order chi connectivity index (χ1) is 13.2. The molecule has 0 spiro atoms. The van der Waals surface area contributed by atoms with Crippen molar-refractivity contribution in [1.29, 1.82) is 0 Å². The molecule has 1 aliphatic rings. The van der Waals surface area contributed by atoms with Crippen LogP contribution in [-0.4, -0.2) is 46.5 Å². The van der Waals surface area contributed by atoms with Gasteiger partial charge in [-0.3, -0.25) is 4.79 Å². The summed E-state index contributed by atoms with van der Waals surface area (Å²) in [7, 11) is 0. The summed E-state index contributed by atoms with van der Waals surface area (Å²) in [5.41, 5.74) is 2.98. The maximum Gasteiger partial charge on any atom is 0.239 e. The molecule has 3 heterocycles. The van der Waals surface area contributed by atoms with Crippen molar-refractivity contribution < 1.29 is 4.79 Å². The van der Waals surface area contributed by atoms with Gasteiger partial charge in [0.15, 0.2) is 0 Å². The number of piperidine rings is 1. The van der Waals surface area contributed by atoms with E-state index in [1.54, 1.807) is 6.33 Å². The largest absolute Gasteiger partial charge is 0.376 e. The minimum Gasteiger partial charge on any atom is -0.376 e. The van der Waals surface area contributed by atoms with Crippen molar-refractivity contribution in [3.05, 3.63) is 48.4 Å². The maximum absolute atomic E-state index is 12.4. The average molecular weight is 364 g/mol.